The molecule has 132 valence electrons. The molecular weight excluding hydrogens is 376 g/mol. The van der Waals surface area contributed by atoms with E-state index >= 15 is 0 Å². The van der Waals surface area contributed by atoms with E-state index in [1.807, 2.05) is 0 Å². The summed E-state index contributed by atoms with van der Waals surface area (Å²) in [5, 5.41) is 15.3. The van der Waals surface area contributed by atoms with E-state index in [9.17, 15) is 23.1 Å². The second kappa shape index (κ2) is 8.26. The number of aromatic carboxylic acids is 1. The van der Waals surface area contributed by atoms with Crippen LogP contribution in [0.25, 0.3) is 0 Å². The summed E-state index contributed by atoms with van der Waals surface area (Å²) in [6, 6.07) is 4.69. The number of halogens is 3. The Hall–Kier alpha value is -1.13. The Morgan fingerprint density at radius 1 is 1.31 bits per heavy atom. The number of hydrogen-bond donors (Lipinski definition) is 1. The third kappa shape index (κ3) is 4.40. The Kier molecular flexibility index (Phi) is 6.73. The van der Waals surface area contributed by atoms with Crippen LogP contribution in [0.3, 0.4) is 0 Å². The fourth-order valence-corrected chi connectivity index (χ4v) is 2.87. The molecule has 1 aromatic carbocycles. The van der Waals surface area contributed by atoms with Crippen LogP contribution < -0.4 is 61.9 Å². The molecule has 1 aliphatic rings. The molecule has 0 radical (unpaired) electrons. The molecule has 0 aliphatic heterocycles. The zero-order valence-corrected chi connectivity index (χ0v) is 17.4. The summed E-state index contributed by atoms with van der Waals surface area (Å²) in [5.41, 5.74) is 3.58. The van der Waals surface area contributed by atoms with Crippen LogP contribution in [-0.4, -0.2) is 11.7 Å². The number of alkyl halides is 3. The molecule has 9 heteroatoms. The minimum absolute atomic E-state index is 0. The average Bonchev–Trinajstić information content (AvgIpc) is 2.90. The molecule has 0 atom stereocenters. The van der Waals surface area contributed by atoms with Gasteiger partial charge in [0.25, 0.3) is 0 Å². The Balaban J connectivity index is 0.00000243. The number of benzene rings is 1. The second-order valence-electron chi connectivity index (χ2n) is 5.74. The topological polar surface area (TPSA) is 77.7 Å². The predicted octanol–water partition coefficient (Wildman–Crippen LogP) is 0.127. The quantitative estimate of drug-likeness (QED) is 0.597. The third-order valence-electron chi connectivity index (χ3n) is 4.02. The molecular formula is C17H14F3KN2O3. The molecule has 0 unspecified atom stereocenters. The van der Waals surface area contributed by atoms with Gasteiger partial charge in [-0.15, -0.1) is 0 Å². The third-order valence-corrected chi connectivity index (χ3v) is 4.02. The summed E-state index contributed by atoms with van der Waals surface area (Å²) in [7, 11) is 0. The van der Waals surface area contributed by atoms with Crippen molar-refractivity contribution in [3.05, 3.63) is 52.5 Å². The molecule has 3 rings (SSSR count). The normalized spacial score (nSPS) is 15.3. The maximum Gasteiger partial charge on any atom is 1.00 e. The smallest absolute Gasteiger partial charge is 0.542 e. The number of carboxylic acids is 1. The van der Waals surface area contributed by atoms with Gasteiger partial charge in [-0.05, 0) is 38.0 Å². The van der Waals surface area contributed by atoms with E-state index in [4.69, 9.17) is 4.42 Å². The number of aryl methyl sites for hydroxylation is 1. The molecule has 0 amide bonds. The van der Waals surface area contributed by atoms with Crippen molar-refractivity contribution < 1.29 is 78.9 Å². The van der Waals surface area contributed by atoms with E-state index in [0.29, 0.717) is 41.9 Å². The number of carbonyl (C=O) groups is 1. The van der Waals surface area contributed by atoms with Crippen LogP contribution in [0, 0.1) is 6.92 Å². The van der Waals surface area contributed by atoms with Gasteiger partial charge in [-0.25, -0.2) is 0 Å². The van der Waals surface area contributed by atoms with E-state index in [1.165, 1.54) is 12.1 Å². The maximum absolute atomic E-state index is 12.8. The average molecular weight is 390 g/mol. The summed E-state index contributed by atoms with van der Waals surface area (Å²) < 4.78 is 43.6. The van der Waals surface area contributed by atoms with Crippen LogP contribution in [0.1, 0.15) is 45.8 Å². The number of nitrogens with one attached hydrogen (secondary N) is 1. The van der Waals surface area contributed by atoms with Gasteiger partial charge in [0.2, 0.25) is 0 Å². The summed E-state index contributed by atoms with van der Waals surface area (Å²) in [6.45, 7) is 1.60. The van der Waals surface area contributed by atoms with Crippen molar-refractivity contribution >= 4 is 17.4 Å². The van der Waals surface area contributed by atoms with Crippen molar-refractivity contribution in [1.82, 2.24) is 0 Å². The molecule has 2 aromatic rings. The predicted molar refractivity (Wildman–Crippen MR) is 82.3 cm³/mol. The molecule has 5 nitrogen and oxygen atoms in total. The van der Waals surface area contributed by atoms with Gasteiger partial charge in [-0.1, -0.05) is 6.07 Å². The fraction of sp³-hybridized carbons (Fsp3) is 0.294. The minimum atomic E-state index is -4.44. The van der Waals surface area contributed by atoms with Crippen molar-refractivity contribution in [1.29, 1.82) is 0 Å². The Labute approximate surface area is 190 Å². The van der Waals surface area contributed by atoms with Crippen LogP contribution >= 0.6 is 0 Å². The summed E-state index contributed by atoms with van der Waals surface area (Å²) in [4.78, 5) is 11.1. The van der Waals surface area contributed by atoms with Crippen LogP contribution in [0.15, 0.2) is 33.8 Å². The Bertz CT molecular complexity index is 859. The van der Waals surface area contributed by atoms with Gasteiger partial charge < -0.3 is 14.3 Å². The minimum Gasteiger partial charge on any atom is -0.542 e. The molecule has 0 saturated carbocycles. The molecule has 1 aromatic heterocycles. The van der Waals surface area contributed by atoms with Crippen LogP contribution in [0.4, 0.5) is 18.9 Å². The van der Waals surface area contributed by atoms with Gasteiger partial charge >= 0.3 is 57.6 Å². The van der Waals surface area contributed by atoms with Crippen molar-refractivity contribution in [3.63, 3.8) is 0 Å². The number of hydrogen-bond acceptors (Lipinski definition) is 5. The first-order valence-electron chi connectivity index (χ1n) is 7.61. The molecule has 1 N–H and O–H groups in total. The van der Waals surface area contributed by atoms with Gasteiger partial charge in [0, 0.05) is 17.5 Å². The summed E-state index contributed by atoms with van der Waals surface area (Å²) in [5.74, 6) is -1.14. The number of carboxylic acid groups (broad SMARTS) is 1. The first-order chi connectivity index (χ1) is 11.8. The zero-order chi connectivity index (χ0) is 18.2. The number of furan rings is 1. The summed E-state index contributed by atoms with van der Waals surface area (Å²) >= 11 is 0. The monoisotopic (exact) mass is 390 g/mol. The molecule has 0 bridgehead atoms. The van der Waals surface area contributed by atoms with Gasteiger partial charge in [0.1, 0.15) is 11.7 Å². The van der Waals surface area contributed by atoms with Crippen molar-refractivity contribution in [2.75, 3.05) is 5.43 Å². The molecule has 26 heavy (non-hydrogen) atoms. The molecule has 1 heterocycles. The Morgan fingerprint density at radius 2 is 2.04 bits per heavy atom. The first-order valence-corrected chi connectivity index (χ1v) is 7.61. The van der Waals surface area contributed by atoms with Gasteiger partial charge in [-0.3, -0.25) is 5.43 Å². The standard InChI is InChI=1S/C17H15F3N2O3.K/c1-9-14-12(6-3-7-13(14)25-15(9)16(23)24)22-21-11-5-2-4-10(8-11)17(18,19)20;/h2,4-5,8,21H,3,6-7H2,1H3,(H,23,24);/q;+1/p-1/b22-12+;. The van der Waals surface area contributed by atoms with Gasteiger partial charge in [-0.2, -0.15) is 18.3 Å². The van der Waals surface area contributed by atoms with Crippen LogP contribution in [0.2, 0.25) is 0 Å². The van der Waals surface area contributed by atoms with E-state index in [2.05, 4.69) is 10.5 Å². The number of hydrazone groups is 1. The van der Waals surface area contributed by atoms with Crippen LogP contribution in [-0.2, 0) is 12.6 Å². The first kappa shape index (κ1) is 21.2. The maximum atomic E-state index is 12.8. The largest absolute Gasteiger partial charge is 1.00 e. The molecule has 0 spiro atoms. The fourth-order valence-electron chi connectivity index (χ4n) is 2.87. The number of nitrogens with zero attached hydrogens (tertiary/aromatic N) is 1. The van der Waals surface area contributed by atoms with Gasteiger partial charge in [0.05, 0.1) is 17.0 Å². The molecule has 0 saturated heterocycles. The van der Waals surface area contributed by atoms with E-state index in [0.717, 1.165) is 12.1 Å². The van der Waals surface area contributed by atoms with E-state index in [-0.39, 0.29) is 62.8 Å². The number of rotatable bonds is 3. The molecule has 0 fully saturated rings. The van der Waals surface area contributed by atoms with Crippen LogP contribution in [0.5, 0.6) is 0 Å². The molecule has 1 aliphatic carbocycles. The Morgan fingerprint density at radius 3 is 2.69 bits per heavy atom. The SMILES string of the molecule is Cc1c(C(=O)[O-])oc2c1/C(=N/Nc1cccc(C(F)(F)F)c1)CCC2.[K+]. The van der Waals surface area contributed by atoms with Crippen molar-refractivity contribution in [2.24, 2.45) is 5.10 Å². The van der Waals surface area contributed by atoms with E-state index in [1.54, 1.807) is 6.92 Å². The number of anilines is 1. The number of fused-ring (bicyclic) bond motifs is 1. The van der Waals surface area contributed by atoms with Crippen molar-refractivity contribution in [2.45, 2.75) is 32.4 Å². The zero-order valence-electron chi connectivity index (χ0n) is 14.2. The van der Waals surface area contributed by atoms with Gasteiger partial charge in [0.15, 0.2) is 5.76 Å². The summed E-state index contributed by atoms with van der Waals surface area (Å²) in [6.07, 6.45) is -2.60. The van der Waals surface area contributed by atoms with E-state index < -0.39 is 17.7 Å². The van der Waals surface area contributed by atoms with Crippen molar-refractivity contribution in [3.8, 4) is 0 Å². The number of carbonyl (C=O) groups excluding carboxylic acids is 1. The second-order valence-corrected chi connectivity index (χ2v) is 5.74.